The maximum Gasteiger partial charge on any atom is 0.309 e. The number of thioether (sulfide) groups is 2. The molecule has 0 aliphatic rings. The summed E-state index contributed by atoms with van der Waals surface area (Å²) < 4.78 is 0. The van der Waals surface area contributed by atoms with Crippen molar-refractivity contribution in [3.8, 4) is 0 Å². The molecule has 0 aliphatic heterocycles. The summed E-state index contributed by atoms with van der Waals surface area (Å²) in [6.45, 7) is 0.500. The highest BCUT2D eigenvalue weighted by atomic mass is 32.2. The summed E-state index contributed by atoms with van der Waals surface area (Å²) in [4.78, 5) is 13.1. The molecule has 1 radical (unpaired) electrons. The van der Waals surface area contributed by atoms with E-state index in [2.05, 4.69) is 72.0 Å². The quantitative estimate of drug-likeness (QED) is 0.398. The fourth-order valence-electron chi connectivity index (χ4n) is 2.57. The second kappa shape index (κ2) is 10.1. The van der Waals surface area contributed by atoms with Crippen LogP contribution in [0.3, 0.4) is 0 Å². The highest BCUT2D eigenvalue weighted by Crippen LogP contribution is 2.37. The molecule has 0 unspecified atom stereocenters. The van der Waals surface area contributed by atoms with E-state index in [1.165, 1.54) is 20.9 Å². The molecule has 3 aromatic rings. The molecule has 0 aliphatic carbocycles. The Morgan fingerprint density at radius 3 is 1.96 bits per heavy atom. The molecule has 2 nitrogen and oxygen atoms in total. The number of rotatable bonds is 9. The van der Waals surface area contributed by atoms with E-state index in [0.29, 0.717) is 6.54 Å². The lowest BCUT2D eigenvalue weighted by atomic mass is 10.2. The van der Waals surface area contributed by atoms with E-state index < -0.39 is 0 Å². The van der Waals surface area contributed by atoms with Crippen LogP contribution in [-0.2, 0) is 22.8 Å². The lowest BCUT2D eigenvalue weighted by Gasteiger charge is -2.14. The van der Waals surface area contributed by atoms with E-state index in [9.17, 15) is 4.79 Å². The molecule has 1 N–H and O–H groups in total. The SMILES string of the molecule is O=[C]NCc1cccc(SCc2ccccc2)c1SCc1ccccc1. The van der Waals surface area contributed by atoms with E-state index in [1.54, 1.807) is 6.41 Å². The molecule has 0 atom stereocenters. The van der Waals surface area contributed by atoms with Gasteiger partial charge in [0.2, 0.25) is 0 Å². The largest absolute Gasteiger partial charge is 0.344 e. The van der Waals surface area contributed by atoms with Crippen molar-refractivity contribution < 1.29 is 4.79 Å². The Bertz CT molecular complexity index is 822. The Balaban J connectivity index is 1.78. The minimum Gasteiger partial charge on any atom is -0.344 e. The van der Waals surface area contributed by atoms with Crippen LogP contribution in [0, 0.1) is 0 Å². The molecule has 26 heavy (non-hydrogen) atoms. The molecule has 4 heteroatoms. The van der Waals surface area contributed by atoms with Gasteiger partial charge in [0.1, 0.15) is 0 Å². The summed E-state index contributed by atoms with van der Waals surface area (Å²) in [5.41, 5.74) is 3.73. The van der Waals surface area contributed by atoms with E-state index in [1.807, 2.05) is 35.7 Å². The van der Waals surface area contributed by atoms with Crippen LogP contribution in [0.4, 0.5) is 0 Å². The maximum absolute atomic E-state index is 10.6. The predicted molar refractivity (Wildman–Crippen MR) is 111 cm³/mol. The zero-order valence-corrected chi connectivity index (χ0v) is 16.0. The summed E-state index contributed by atoms with van der Waals surface area (Å²) in [6, 6.07) is 27.2. The third-order valence-corrected chi connectivity index (χ3v) is 6.38. The van der Waals surface area contributed by atoms with Gasteiger partial charge in [0.25, 0.3) is 0 Å². The van der Waals surface area contributed by atoms with Crippen molar-refractivity contribution in [3.05, 3.63) is 95.6 Å². The van der Waals surface area contributed by atoms with Crippen LogP contribution < -0.4 is 5.32 Å². The predicted octanol–water partition coefficient (Wildman–Crippen LogP) is 5.43. The number of hydrogen-bond acceptors (Lipinski definition) is 3. The molecule has 0 aromatic heterocycles. The zero-order chi connectivity index (χ0) is 18.0. The van der Waals surface area contributed by atoms with Gasteiger partial charge in [-0.2, -0.15) is 0 Å². The molecule has 3 rings (SSSR count). The van der Waals surface area contributed by atoms with Crippen LogP contribution in [-0.4, -0.2) is 6.41 Å². The fraction of sp³-hybridized carbons (Fsp3) is 0.136. The molecule has 0 saturated carbocycles. The van der Waals surface area contributed by atoms with Crippen LogP contribution >= 0.6 is 23.5 Å². The highest BCUT2D eigenvalue weighted by Gasteiger charge is 2.10. The van der Waals surface area contributed by atoms with Gasteiger partial charge in [-0.1, -0.05) is 72.8 Å². The van der Waals surface area contributed by atoms with Gasteiger partial charge >= 0.3 is 6.41 Å². The van der Waals surface area contributed by atoms with Gasteiger partial charge in [-0.25, -0.2) is 0 Å². The van der Waals surface area contributed by atoms with E-state index in [4.69, 9.17) is 0 Å². The summed E-state index contributed by atoms with van der Waals surface area (Å²) in [5, 5.41) is 2.68. The van der Waals surface area contributed by atoms with Crippen molar-refractivity contribution in [2.24, 2.45) is 0 Å². The Morgan fingerprint density at radius 1 is 0.731 bits per heavy atom. The first-order valence-corrected chi connectivity index (χ1v) is 10.4. The molecule has 3 aromatic carbocycles. The Labute approximate surface area is 163 Å². The zero-order valence-electron chi connectivity index (χ0n) is 14.4. The molecule has 0 spiro atoms. The van der Waals surface area contributed by atoms with Gasteiger partial charge in [0, 0.05) is 27.8 Å². The van der Waals surface area contributed by atoms with Crippen LogP contribution in [0.5, 0.6) is 0 Å². The maximum atomic E-state index is 10.6. The highest BCUT2D eigenvalue weighted by molar-refractivity contribution is 8.01. The molecular weight excluding hydrogens is 358 g/mol. The van der Waals surface area contributed by atoms with Gasteiger partial charge in [0.15, 0.2) is 0 Å². The smallest absolute Gasteiger partial charge is 0.309 e. The summed E-state index contributed by atoms with van der Waals surface area (Å²) in [5.74, 6) is 1.83. The van der Waals surface area contributed by atoms with Crippen molar-refractivity contribution in [2.45, 2.75) is 27.8 Å². The molecule has 0 saturated heterocycles. The monoisotopic (exact) mass is 378 g/mol. The van der Waals surface area contributed by atoms with Crippen LogP contribution in [0.25, 0.3) is 0 Å². The lowest BCUT2D eigenvalue weighted by molar-refractivity contribution is 0.541. The summed E-state index contributed by atoms with van der Waals surface area (Å²) >= 11 is 3.66. The lowest BCUT2D eigenvalue weighted by Crippen LogP contribution is -2.10. The third kappa shape index (κ3) is 5.41. The van der Waals surface area contributed by atoms with Gasteiger partial charge in [-0.15, -0.1) is 23.5 Å². The van der Waals surface area contributed by atoms with Gasteiger partial charge < -0.3 is 5.32 Å². The van der Waals surface area contributed by atoms with Crippen LogP contribution in [0.2, 0.25) is 0 Å². The minimum absolute atomic E-state index is 0.500. The first-order valence-electron chi connectivity index (χ1n) is 8.42. The second-order valence-electron chi connectivity index (χ2n) is 5.75. The van der Waals surface area contributed by atoms with E-state index in [-0.39, 0.29) is 0 Å². The first-order chi connectivity index (χ1) is 12.9. The van der Waals surface area contributed by atoms with Gasteiger partial charge in [-0.3, -0.25) is 4.79 Å². The number of hydrogen-bond donors (Lipinski definition) is 1. The second-order valence-corrected chi connectivity index (χ2v) is 7.75. The molecular formula is C22H20NOS2. The number of carbonyl (C=O) groups excluding carboxylic acids is 1. The Morgan fingerprint density at radius 2 is 1.35 bits per heavy atom. The van der Waals surface area contributed by atoms with Gasteiger partial charge in [-0.05, 0) is 22.8 Å². The van der Waals surface area contributed by atoms with E-state index in [0.717, 1.165) is 17.1 Å². The van der Waals surface area contributed by atoms with Crippen molar-refractivity contribution in [1.82, 2.24) is 5.32 Å². The normalized spacial score (nSPS) is 10.5. The van der Waals surface area contributed by atoms with Crippen molar-refractivity contribution >= 4 is 29.9 Å². The van der Waals surface area contributed by atoms with Crippen molar-refractivity contribution in [1.29, 1.82) is 0 Å². The number of nitrogens with one attached hydrogen (secondary N) is 1. The van der Waals surface area contributed by atoms with Crippen molar-refractivity contribution in [3.63, 3.8) is 0 Å². The Kier molecular flexibility index (Phi) is 7.23. The van der Waals surface area contributed by atoms with Gasteiger partial charge in [0.05, 0.1) is 0 Å². The average molecular weight is 379 g/mol. The molecule has 0 bridgehead atoms. The summed E-state index contributed by atoms with van der Waals surface area (Å²) in [6.07, 6.45) is 1.78. The van der Waals surface area contributed by atoms with Crippen molar-refractivity contribution in [2.75, 3.05) is 0 Å². The fourth-order valence-corrected chi connectivity index (χ4v) is 4.92. The third-order valence-electron chi connectivity index (χ3n) is 3.87. The topological polar surface area (TPSA) is 29.1 Å². The van der Waals surface area contributed by atoms with E-state index >= 15 is 0 Å². The molecule has 1 amide bonds. The molecule has 0 heterocycles. The van der Waals surface area contributed by atoms with Crippen LogP contribution in [0.15, 0.2) is 88.7 Å². The van der Waals surface area contributed by atoms with Crippen LogP contribution in [0.1, 0.15) is 16.7 Å². The molecule has 0 fully saturated rings. The number of benzene rings is 3. The average Bonchev–Trinajstić information content (AvgIpc) is 2.71. The first kappa shape index (κ1) is 18.6. The minimum atomic E-state index is 0.500. The number of amides is 1. The molecule has 131 valence electrons. The standard InChI is InChI=1S/C22H20NOS2/c24-17-23-14-20-12-7-13-21(25-15-18-8-3-1-4-9-18)22(20)26-16-19-10-5-2-6-11-19/h1-13H,14-16H2,(H,23,24). The Hall–Kier alpha value is -2.17. The summed E-state index contributed by atoms with van der Waals surface area (Å²) in [7, 11) is 0.